The molecule has 1 aliphatic rings. The van der Waals surface area contributed by atoms with E-state index in [2.05, 4.69) is 23.6 Å². The molecule has 0 bridgehead atoms. The zero-order valence-electron chi connectivity index (χ0n) is 10.7. The molecule has 1 atom stereocenters. The maximum absolute atomic E-state index is 10.9. The van der Waals surface area contributed by atoms with Gasteiger partial charge in [-0.3, -0.25) is 4.79 Å². The van der Waals surface area contributed by atoms with Gasteiger partial charge in [0.15, 0.2) is 0 Å². The van der Waals surface area contributed by atoms with Crippen LogP contribution in [0.1, 0.15) is 13.8 Å². The van der Waals surface area contributed by atoms with E-state index in [4.69, 9.17) is 4.74 Å². The van der Waals surface area contributed by atoms with Gasteiger partial charge in [-0.15, -0.1) is 0 Å². The summed E-state index contributed by atoms with van der Waals surface area (Å²) in [4.78, 5) is 10.9. The third-order valence-corrected chi connectivity index (χ3v) is 2.90. The summed E-state index contributed by atoms with van der Waals surface area (Å²) in [6.07, 6.45) is 2.09. The van der Waals surface area contributed by atoms with Gasteiger partial charge in [-0.2, -0.15) is 0 Å². The number of carbonyl (C=O) groups excluding carboxylic acids is 1. The first-order valence-electron chi connectivity index (χ1n) is 6.04. The number of benzene rings is 1. The number of ether oxygens (including phenoxy) is 1. The van der Waals surface area contributed by atoms with E-state index in [1.54, 1.807) is 0 Å². The number of hydrogen-bond acceptors (Lipinski definition) is 3. The van der Waals surface area contributed by atoms with E-state index >= 15 is 0 Å². The van der Waals surface area contributed by atoms with Crippen molar-refractivity contribution in [3.05, 3.63) is 35.9 Å². The standard InChI is InChI=1S/C14H18N2O2/c1-10-7-8-18-9-14(10)16-13-5-3-12(4-6-13)15-11(2)17/h3-7,14,16H,8-9H2,1-2H3,(H,15,17). The number of nitrogens with one attached hydrogen (secondary N) is 2. The maximum Gasteiger partial charge on any atom is 0.221 e. The molecule has 4 nitrogen and oxygen atoms in total. The second-order valence-electron chi connectivity index (χ2n) is 4.44. The average molecular weight is 246 g/mol. The molecule has 4 heteroatoms. The Labute approximate surface area is 107 Å². The minimum absolute atomic E-state index is 0.0600. The van der Waals surface area contributed by atoms with Crippen LogP contribution in [0.5, 0.6) is 0 Å². The summed E-state index contributed by atoms with van der Waals surface area (Å²) in [6, 6.07) is 7.89. The normalized spacial score (nSPS) is 19.0. The van der Waals surface area contributed by atoms with E-state index in [0.717, 1.165) is 11.4 Å². The molecule has 96 valence electrons. The lowest BCUT2D eigenvalue weighted by Gasteiger charge is -2.24. The highest BCUT2D eigenvalue weighted by molar-refractivity contribution is 5.88. The van der Waals surface area contributed by atoms with Gasteiger partial charge in [-0.05, 0) is 31.2 Å². The second kappa shape index (κ2) is 5.69. The van der Waals surface area contributed by atoms with Gasteiger partial charge in [0.05, 0.1) is 19.3 Å². The lowest BCUT2D eigenvalue weighted by atomic mass is 10.1. The van der Waals surface area contributed by atoms with Gasteiger partial charge in [0, 0.05) is 18.3 Å². The minimum Gasteiger partial charge on any atom is -0.376 e. The van der Waals surface area contributed by atoms with Crippen LogP contribution in [0.15, 0.2) is 35.9 Å². The van der Waals surface area contributed by atoms with Crippen molar-refractivity contribution in [3.8, 4) is 0 Å². The van der Waals surface area contributed by atoms with Crippen molar-refractivity contribution >= 4 is 17.3 Å². The van der Waals surface area contributed by atoms with Gasteiger partial charge >= 0.3 is 0 Å². The first-order valence-corrected chi connectivity index (χ1v) is 6.04. The van der Waals surface area contributed by atoms with Crippen molar-refractivity contribution in [2.45, 2.75) is 19.9 Å². The Morgan fingerprint density at radius 2 is 1.94 bits per heavy atom. The van der Waals surface area contributed by atoms with Gasteiger partial charge in [0.1, 0.15) is 0 Å². The van der Waals surface area contributed by atoms with E-state index in [-0.39, 0.29) is 11.9 Å². The third-order valence-electron chi connectivity index (χ3n) is 2.90. The zero-order valence-corrected chi connectivity index (χ0v) is 10.7. The topological polar surface area (TPSA) is 50.4 Å². The lowest BCUT2D eigenvalue weighted by Crippen LogP contribution is -2.30. The quantitative estimate of drug-likeness (QED) is 0.805. The molecule has 1 amide bonds. The Morgan fingerprint density at radius 1 is 1.28 bits per heavy atom. The fourth-order valence-corrected chi connectivity index (χ4v) is 1.86. The predicted molar refractivity (Wildman–Crippen MR) is 72.7 cm³/mol. The Hall–Kier alpha value is -1.81. The second-order valence-corrected chi connectivity index (χ2v) is 4.44. The molecule has 2 rings (SSSR count). The SMILES string of the molecule is CC(=O)Nc1ccc(NC2COCC=C2C)cc1. The van der Waals surface area contributed by atoms with Crippen LogP contribution in [0.3, 0.4) is 0 Å². The Kier molecular flexibility index (Phi) is 3.99. The van der Waals surface area contributed by atoms with Crippen molar-refractivity contribution < 1.29 is 9.53 Å². The number of hydrogen-bond donors (Lipinski definition) is 2. The van der Waals surface area contributed by atoms with Gasteiger partial charge in [-0.1, -0.05) is 11.6 Å². The first kappa shape index (κ1) is 12.6. The predicted octanol–water partition coefficient (Wildman–Crippen LogP) is 2.40. The molecule has 0 saturated carbocycles. The van der Waals surface area contributed by atoms with Crippen LogP contribution in [-0.2, 0) is 9.53 Å². The van der Waals surface area contributed by atoms with E-state index in [0.29, 0.717) is 13.2 Å². The molecule has 2 N–H and O–H groups in total. The Bertz CT molecular complexity index is 451. The van der Waals surface area contributed by atoms with Gasteiger partial charge in [-0.25, -0.2) is 0 Å². The summed E-state index contributed by atoms with van der Waals surface area (Å²) in [5.74, 6) is -0.0600. The van der Waals surface area contributed by atoms with Crippen LogP contribution >= 0.6 is 0 Å². The molecule has 0 radical (unpaired) electrons. The molecule has 0 aliphatic carbocycles. The fourth-order valence-electron chi connectivity index (χ4n) is 1.86. The molecule has 1 heterocycles. The van der Waals surface area contributed by atoms with E-state index in [1.807, 2.05) is 24.3 Å². The van der Waals surface area contributed by atoms with Crippen LogP contribution in [0.25, 0.3) is 0 Å². The van der Waals surface area contributed by atoms with Crippen LogP contribution in [0.2, 0.25) is 0 Å². The monoisotopic (exact) mass is 246 g/mol. The summed E-state index contributed by atoms with van der Waals surface area (Å²) in [7, 11) is 0. The molecule has 1 aromatic rings. The smallest absolute Gasteiger partial charge is 0.221 e. The number of rotatable bonds is 3. The molecular weight excluding hydrogens is 228 g/mol. The van der Waals surface area contributed by atoms with E-state index in [1.165, 1.54) is 12.5 Å². The van der Waals surface area contributed by atoms with Crippen molar-refractivity contribution in [2.75, 3.05) is 23.8 Å². The molecule has 0 spiro atoms. The lowest BCUT2D eigenvalue weighted by molar-refractivity contribution is -0.114. The van der Waals surface area contributed by atoms with Gasteiger partial charge in [0.2, 0.25) is 5.91 Å². The average Bonchev–Trinajstić information content (AvgIpc) is 2.34. The largest absolute Gasteiger partial charge is 0.376 e. The van der Waals surface area contributed by atoms with E-state index in [9.17, 15) is 4.79 Å². The van der Waals surface area contributed by atoms with Crippen LogP contribution in [0.4, 0.5) is 11.4 Å². The van der Waals surface area contributed by atoms with Gasteiger partial charge in [0.25, 0.3) is 0 Å². The van der Waals surface area contributed by atoms with Crippen molar-refractivity contribution in [2.24, 2.45) is 0 Å². The number of amides is 1. The highest BCUT2D eigenvalue weighted by Gasteiger charge is 2.14. The summed E-state index contributed by atoms with van der Waals surface area (Å²) < 4.78 is 5.41. The summed E-state index contributed by atoms with van der Waals surface area (Å²) in [6.45, 7) is 4.99. The Morgan fingerprint density at radius 3 is 2.56 bits per heavy atom. The van der Waals surface area contributed by atoms with Crippen molar-refractivity contribution in [1.29, 1.82) is 0 Å². The first-order chi connectivity index (χ1) is 8.65. The summed E-state index contributed by atoms with van der Waals surface area (Å²) in [5.41, 5.74) is 3.12. The molecule has 0 fully saturated rings. The highest BCUT2D eigenvalue weighted by Crippen LogP contribution is 2.18. The molecule has 1 unspecified atom stereocenters. The molecule has 1 aromatic carbocycles. The molecule has 18 heavy (non-hydrogen) atoms. The zero-order chi connectivity index (χ0) is 13.0. The van der Waals surface area contributed by atoms with Gasteiger partial charge < -0.3 is 15.4 Å². The molecular formula is C14H18N2O2. The van der Waals surface area contributed by atoms with E-state index < -0.39 is 0 Å². The van der Waals surface area contributed by atoms with Crippen molar-refractivity contribution in [1.82, 2.24) is 0 Å². The maximum atomic E-state index is 10.9. The molecule has 0 saturated heterocycles. The van der Waals surface area contributed by atoms with Crippen LogP contribution in [0, 0.1) is 0 Å². The number of anilines is 2. The number of carbonyl (C=O) groups is 1. The Balaban J connectivity index is 1.99. The molecule has 0 aromatic heterocycles. The third kappa shape index (κ3) is 3.34. The van der Waals surface area contributed by atoms with Crippen LogP contribution in [-0.4, -0.2) is 25.2 Å². The highest BCUT2D eigenvalue weighted by atomic mass is 16.5. The summed E-state index contributed by atoms with van der Waals surface area (Å²) in [5, 5.41) is 6.15. The van der Waals surface area contributed by atoms with Crippen molar-refractivity contribution in [3.63, 3.8) is 0 Å². The molecule has 1 aliphatic heterocycles. The minimum atomic E-state index is -0.0600. The van der Waals surface area contributed by atoms with Crippen LogP contribution < -0.4 is 10.6 Å². The summed E-state index contributed by atoms with van der Waals surface area (Å²) >= 11 is 0. The fraction of sp³-hybridized carbons (Fsp3) is 0.357.